The summed E-state index contributed by atoms with van der Waals surface area (Å²) in [5, 5.41) is 5.24. The van der Waals surface area contributed by atoms with E-state index in [1.807, 2.05) is 6.92 Å². The van der Waals surface area contributed by atoms with Gasteiger partial charge in [0.05, 0.1) is 11.5 Å². The number of thioether (sulfide) groups is 1. The number of carbonyl (C=O) groups excluding carboxylic acids is 3. The minimum atomic E-state index is -0.103. The van der Waals surface area contributed by atoms with Crippen LogP contribution < -0.4 is 10.6 Å². The van der Waals surface area contributed by atoms with Crippen LogP contribution in [0.5, 0.6) is 0 Å². The summed E-state index contributed by atoms with van der Waals surface area (Å²) in [7, 11) is 1.57. The topological polar surface area (TPSA) is 78.5 Å². The Labute approximate surface area is 117 Å². The van der Waals surface area contributed by atoms with Crippen molar-refractivity contribution >= 4 is 29.5 Å². The summed E-state index contributed by atoms with van der Waals surface area (Å²) in [5.74, 6) is 0.634. The molecular weight excluding hydrogens is 266 g/mol. The highest BCUT2D eigenvalue weighted by atomic mass is 32.2. The van der Waals surface area contributed by atoms with E-state index < -0.39 is 0 Å². The van der Waals surface area contributed by atoms with Gasteiger partial charge in [0.15, 0.2) is 0 Å². The standard InChI is InChI=1S/C12H21N3O3S/c1-9-3-5-15(12(9)18)6-4-14-11(17)8-19-7-10(16)13-2/h9H,3-8H2,1-2H3,(H,13,16)(H,14,17)/t9-/m1/s1. The molecule has 0 saturated carbocycles. The Kier molecular flexibility index (Phi) is 6.69. The molecule has 19 heavy (non-hydrogen) atoms. The van der Waals surface area contributed by atoms with Crippen molar-refractivity contribution in [2.75, 3.05) is 38.2 Å². The molecule has 0 aromatic heterocycles. The Bertz CT molecular complexity index is 349. The minimum Gasteiger partial charge on any atom is -0.358 e. The van der Waals surface area contributed by atoms with Gasteiger partial charge in [0, 0.05) is 32.6 Å². The molecule has 1 atom stereocenters. The van der Waals surface area contributed by atoms with Crippen molar-refractivity contribution in [1.29, 1.82) is 0 Å². The SMILES string of the molecule is CNC(=O)CSCC(=O)NCCN1CC[C@@H](C)C1=O. The molecule has 7 heteroatoms. The van der Waals surface area contributed by atoms with Gasteiger partial charge in [-0.25, -0.2) is 0 Å². The Morgan fingerprint density at radius 2 is 2.05 bits per heavy atom. The van der Waals surface area contributed by atoms with Gasteiger partial charge in [-0.05, 0) is 6.42 Å². The summed E-state index contributed by atoms with van der Waals surface area (Å²) in [6.07, 6.45) is 0.898. The van der Waals surface area contributed by atoms with Gasteiger partial charge in [-0.3, -0.25) is 14.4 Å². The van der Waals surface area contributed by atoms with Gasteiger partial charge in [-0.2, -0.15) is 0 Å². The maximum atomic E-state index is 11.6. The molecule has 1 heterocycles. The summed E-state index contributed by atoms with van der Waals surface area (Å²) >= 11 is 1.27. The molecule has 0 bridgehead atoms. The molecule has 1 aliphatic heterocycles. The first-order chi connectivity index (χ1) is 9.04. The van der Waals surface area contributed by atoms with Crippen molar-refractivity contribution in [3.63, 3.8) is 0 Å². The first-order valence-corrected chi connectivity index (χ1v) is 7.54. The molecule has 2 N–H and O–H groups in total. The lowest BCUT2D eigenvalue weighted by molar-refractivity contribution is -0.130. The Morgan fingerprint density at radius 3 is 2.63 bits per heavy atom. The Hall–Kier alpha value is -1.24. The van der Waals surface area contributed by atoms with E-state index in [1.54, 1.807) is 11.9 Å². The molecule has 0 aromatic carbocycles. The molecule has 0 radical (unpaired) electrons. The van der Waals surface area contributed by atoms with Gasteiger partial charge in [0.2, 0.25) is 17.7 Å². The summed E-state index contributed by atoms with van der Waals surface area (Å²) in [6, 6.07) is 0. The minimum absolute atomic E-state index is 0.0885. The van der Waals surface area contributed by atoms with E-state index in [4.69, 9.17) is 0 Å². The fraction of sp³-hybridized carbons (Fsp3) is 0.750. The van der Waals surface area contributed by atoms with Gasteiger partial charge in [0.25, 0.3) is 0 Å². The highest BCUT2D eigenvalue weighted by Gasteiger charge is 2.27. The molecule has 1 fully saturated rings. The number of nitrogens with zero attached hydrogens (tertiary/aromatic N) is 1. The average molecular weight is 287 g/mol. The number of hydrogen-bond acceptors (Lipinski definition) is 4. The lowest BCUT2D eigenvalue weighted by Gasteiger charge is -2.16. The molecule has 3 amide bonds. The van der Waals surface area contributed by atoms with Gasteiger partial charge >= 0.3 is 0 Å². The molecule has 0 unspecified atom stereocenters. The summed E-state index contributed by atoms with van der Waals surface area (Å²) in [6.45, 7) is 3.74. The van der Waals surface area contributed by atoms with Crippen molar-refractivity contribution in [3.8, 4) is 0 Å². The Balaban J connectivity index is 2.07. The van der Waals surface area contributed by atoms with Crippen LogP contribution in [0.25, 0.3) is 0 Å². The molecule has 1 rings (SSSR count). The van der Waals surface area contributed by atoms with E-state index in [-0.39, 0.29) is 35.1 Å². The van der Waals surface area contributed by atoms with E-state index in [0.29, 0.717) is 13.1 Å². The van der Waals surface area contributed by atoms with Crippen LogP contribution >= 0.6 is 11.8 Å². The van der Waals surface area contributed by atoms with E-state index in [1.165, 1.54) is 11.8 Å². The quantitative estimate of drug-likeness (QED) is 0.658. The molecule has 108 valence electrons. The van der Waals surface area contributed by atoms with Crippen molar-refractivity contribution in [3.05, 3.63) is 0 Å². The zero-order chi connectivity index (χ0) is 14.3. The third kappa shape index (κ3) is 5.50. The third-order valence-corrected chi connectivity index (χ3v) is 3.95. The molecular formula is C12H21N3O3S. The summed E-state index contributed by atoms with van der Waals surface area (Å²) in [5.41, 5.74) is 0. The molecule has 1 saturated heterocycles. The molecule has 6 nitrogen and oxygen atoms in total. The molecule has 0 spiro atoms. The van der Waals surface area contributed by atoms with Gasteiger partial charge in [0.1, 0.15) is 0 Å². The highest BCUT2D eigenvalue weighted by molar-refractivity contribution is 8.00. The number of amides is 3. The van der Waals surface area contributed by atoms with E-state index in [0.717, 1.165) is 13.0 Å². The average Bonchev–Trinajstić information content (AvgIpc) is 2.70. The second-order valence-corrected chi connectivity index (χ2v) is 5.52. The first-order valence-electron chi connectivity index (χ1n) is 6.38. The fourth-order valence-electron chi connectivity index (χ4n) is 1.81. The number of rotatable bonds is 7. The van der Waals surface area contributed by atoms with E-state index in [2.05, 4.69) is 10.6 Å². The smallest absolute Gasteiger partial charge is 0.230 e. The zero-order valence-corrected chi connectivity index (χ0v) is 12.2. The van der Waals surface area contributed by atoms with Crippen LogP contribution in [0.2, 0.25) is 0 Å². The zero-order valence-electron chi connectivity index (χ0n) is 11.4. The van der Waals surface area contributed by atoms with Crippen molar-refractivity contribution < 1.29 is 14.4 Å². The molecule has 0 aromatic rings. The van der Waals surface area contributed by atoms with Crippen LogP contribution in [0, 0.1) is 5.92 Å². The Morgan fingerprint density at radius 1 is 1.37 bits per heavy atom. The van der Waals surface area contributed by atoms with Crippen LogP contribution in [0.1, 0.15) is 13.3 Å². The highest BCUT2D eigenvalue weighted by Crippen LogP contribution is 2.15. The van der Waals surface area contributed by atoms with Crippen LogP contribution in [0.4, 0.5) is 0 Å². The van der Waals surface area contributed by atoms with Crippen molar-refractivity contribution in [2.24, 2.45) is 5.92 Å². The van der Waals surface area contributed by atoms with Crippen LogP contribution in [0.3, 0.4) is 0 Å². The largest absolute Gasteiger partial charge is 0.358 e. The van der Waals surface area contributed by atoms with E-state index in [9.17, 15) is 14.4 Å². The van der Waals surface area contributed by atoms with Gasteiger partial charge in [-0.1, -0.05) is 6.92 Å². The predicted molar refractivity (Wildman–Crippen MR) is 74.8 cm³/mol. The van der Waals surface area contributed by atoms with Crippen LogP contribution in [-0.4, -0.2) is 60.8 Å². The fourth-order valence-corrected chi connectivity index (χ4v) is 2.53. The number of hydrogen-bond donors (Lipinski definition) is 2. The number of carbonyl (C=O) groups is 3. The van der Waals surface area contributed by atoms with Crippen molar-refractivity contribution in [1.82, 2.24) is 15.5 Å². The maximum Gasteiger partial charge on any atom is 0.230 e. The third-order valence-electron chi connectivity index (χ3n) is 3.01. The second-order valence-electron chi connectivity index (χ2n) is 4.53. The lowest BCUT2D eigenvalue weighted by atomic mass is 10.1. The number of likely N-dealkylation sites (tertiary alicyclic amines) is 1. The molecule has 0 aliphatic carbocycles. The second kappa shape index (κ2) is 8.04. The van der Waals surface area contributed by atoms with Crippen LogP contribution in [0.15, 0.2) is 0 Å². The van der Waals surface area contributed by atoms with Gasteiger partial charge in [-0.15, -0.1) is 11.8 Å². The molecule has 1 aliphatic rings. The normalized spacial score (nSPS) is 18.5. The number of nitrogens with one attached hydrogen (secondary N) is 2. The maximum absolute atomic E-state index is 11.6. The van der Waals surface area contributed by atoms with E-state index >= 15 is 0 Å². The summed E-state index contributed by atoms with van der Waals surface area (Å²) in [4.78, 5) is 35.8. The first kappa shape index (κ1) is 15.8. The predicted octanol–water partition coefficient (Wildman–Crippen LogP) is -0.550. The van der Waals surface area contributed by atoms with Gasteiger partial charge < -0.3 is 15.5 Å². The lowest BCUT2D eigenvalue weighted by Crippen LogP contribution is -2.37. The van der Waals surface area contributed by atoms with Crippen molar-refractivity contribution in [2.45, 2.75) is 13.3 Å². The van der Waals surface area contributed by atoms with Crippen LogP contribution in [-0.2, 0) is 14.4 Å². The summed E-state index contributed by atoms with van der Waals surface area (Å²) < 4.78 is 0. The monoisotopic (exact) mass is 287 g/mol.